The average Bonchev–Trinajstić information content (AvgIpc) is 2.94. The second-order valence-electron chi connectivity index (χ2n) is 10.1. The standard InChI is InChI=1S/C33H44N2O2S/c1-30-22-24-33(25-23-30)38(36,37)35(29-32-19-14-12-15-20-32)27-16-11-9-7-5-3-2-4-6-8-10-13-18-31-21-17-26-34-28-31/h11-12,14-17,19-26,28H,2-10,13,18,27,29H2,1H3/b16-11+. The van der Waals surface area contributed by atoms with Gasteiger partial charge in [0.15, 0.2) is 0 Å². The molecule has 0 fully saturated rings. The number of benzene rings is 2. The first-order chi connectivity index (χ1) is 18.6. The van der Waals surface area contributed by atoms with Crippen LogP contribution in [-0.4, -0.2) is 24.3 Å². The average molecular weight is 533 g/mol. The summed E-state index contributed by atoms with van der Waals surface area (Å²) < 4.78 is 28.3. The highest BCUT2D eigenvalue weighted by atomic mass is 32.2. The lowest BCUT2D eigenvalue weighted by Crippen LogP contribution is -2.31. The van der Waals surface area contributed by atoms with Gasteiger partial charge in [-0.2, -0.15) is 4.31 Å². The molecule has 0 unspecified atom stereocenters. The van der Waals surface area contributed by atoms with Gasteiger partial charge in [-0.1, -0.05) is 111 Å². The Hall–Kier alpha value is -2.76. The Morgan fingerprint density at radius 1 is 0.711 bits per heavy atom. The summed E-state index contributed by atoms with van der Waals surface area (Å²) >= 11 is 0. The van der Waals surface area contributed by atoms with Crippen molar-refractivity contribution in [2.75, 3.05) is 6.54 Å². The van der Waals surface area contributed by atoms with E-state index in [4.69, 9.17) is 0 Å². The van der Waals surface area contributed by atoms with Crippen LogP contribution in [0.4, 0.5) is 0 Å². The van der Waals surface area contributed by atoms with E-state index in [1.165, 1.54) is 56.9 Å². The summed E-state index contributed by atoms with van der Waals surface area (Å²) in [6.45, 7) is 2.71. The summed E-state index contributed by atoms with van der Waals surface area (Å²) in [5.41, 5.74) is 3.39. The van der Waals surface area contributed by atoms with Gasteiger partial charge in [0.05, 0.1) is 4.90 Å². The predicted octanol–water partition coefficient (Wildman–Crippen LogP) is 8.28. The first kappa shape index (κ1) is 29.8. The van der Waals surface area contributed by atoms with Crippen molar-refractivity contribution in [1.29, 1.82) is 0 Å². The topological polar surface area (TPSA) is 50.3 Å². The third-order valence-corrected chi connectivity index (χ3v) is 8.72. The molecule has 0 radical (unpaired) electrons. The fourth-order valence-electron chi connectivity index (χ4n) is 4.58. The van der Waals surface area contributed by atoms with E-state index in [0.717, 1.165) is 30.4 Å². The highest BCUT2D eigenvalue weighted by molar-refractivity contribution is 7.89. The monoisotopic (exact) mass is 532 g/mol. The van der Waals surface area contributed by atoms with Gasteiger partial charge in [-0.25, -0.2) is 8.42 Å². The molecule has 3 aromatic rings. The molecule has 1 heterocycles. The number of rotatable bonds is 18. The maximum Gasteiger partial charge on any atom is 0.243 e. The maximum atomic E-state index is 13.4. The van der Waals surface area contributed by atoms with Crippen LogP contribution >= 0.6 is 0 Å². The molecule has 0 spiro atoms. The first-order valence-electron chi connectivity index (χ1n) is 14.2. The Kier molecular flexibility index (Phi) is 13.3. The molecule has 0 N–H and O–H groups in total. The van der Waals surface area contributed by atoms with Gasteiger partial charge >= 0.3 is 0 Å². The van der Waals surface area contributed by atoms with Crippen LogP contribution in [0.25, 0.3) is 0 Å². The fraction of sp³-hybridized carbons (Fsp3) is 0.424. The molecule has 204 valence electrons. The maximum absolute atomic E-state index is 13.4. The highest BCUT2D eigenvalue weighted by Gasteiger charge is 2.23. The van der Waals surface area contributed by atoms with Gasteiger partial charge in [-0.15, -0.1) is 0 Å². The lowest BCUT2D eigenvalue weighted by atomic mass is 10.0. The molecule has 0 atom stereocenters. The zero-order valence-corrected chi connectivity index (χ0v) is 23.8. The summed E-state index contributed by atoms with van der Waals surface area (Å²) in [5, 5.41) is 0. The van der Waals surface area contributed by atoms with Crippen LogP contribution in [0.5, 0.6) is 0 Å². The number of allylic oxidation sites excluding steroid dienone is 1. The van der Waals surface area contributed by atoms with Crippen molar-refractivity contribution in [3.63, 3.8) is 0 Å². The Morgan fingerprint density at radius 3 is 2.00 bits per heavy atom. The number of pyridine rings is 1. The number of hydrogen-bond acceptors (Lipinski definition) is 3. The van der Waals surface area contributed by atoms with Crippen molar-refractivity contribution in [3.8, 4) is 0 Å². The van der Waals surface area contributed by atoms with Crippen LogP contribution in [0.2, 0.25) is 0 Å². The molecule has 3 rings (SSSR count). The highest BCUT2D eigenvalue weighted by Crippen LogP contribution is 2.19. The fourth-order valence-corrected chi connectivity index (χ4v) is 5.96. The molecule has 38 heavy (non-hydrogen) atoms. The molecule has 0 amide bonds. The SMILES string of the molecule is Cc1ccc(S(=O)(=O)N(C/C=C/CCCCCCCCCCCc2cccnc2)Cc2ccccc2)cc1. The molecule has 0 aliphatic rings. The molecular formula is C33H44N2O2S. The molecule has 0 saturated carbocycles. The van der Waals surface area contributed by atoms with E-state index < -0.39 is 10.0 Å². The minimum Gasteiger partial charge on any atom is -0.264 e. The Balaban J connectivity index is 1.31. The van der Waals surface area contributed by atoms with Crippen LogP contribution in [0, 0.1) is 6.92 Å². The summed E-state index contributed by atoms with van der Waals surface area (Å²) in [6, 6.07) is 21.1. The van der Waals surface area contributed by atoms with Crippen LogP contribution in [0.1, 0.15) is 80.9 Å². The normalized spacial score (nSPS) is 11.9. The van der Waals surface area contributed by atoms with Gasteiger partial charge in [0.1, 0.15) is 0 Å². The van der Waals surface area contributed by atoms with Crippen molar-refractivity contribution in [3.05, 3.63) is 108 Å². The largest absolute Gasteiger partial charge is 0.264 e. The molecule has 0 bridgehead atoms. The smallest absolute Gasteiger partial charge is 0.243 e. The summed E-state index contributed by atoms with van der Waals surface area (Å²) in [5.74, 6) is 0. The Bertz CT molecular complexity index is 1160. The number of nitrogens with zero attached hydrogens (tertiary/aromatic N) is 2. The minimum atomic E-state index is -3.57. The van der Waals surface area contributed by atoms with Crippen molar-refractivity contribution in [1.82, 2.24) is 9.29 Å². The molecule has 0 aliphatic heterocycles. The van der Waals surface area contributed by atoms with Crippen molar-refractivity contribution in [2.24, 2.45) is 0 Å². The van der Waals surface area contributed by atoms with Crippen molar-refractivity contribution < 1.29 is 8.42 Å². The molecule has 0 aliphatic carbocycles. The number of sulfonamides is 1. The van der Waals surface area contributed by atoms with Crippen LogP contribution in [0.3, 0.4) is 0 Å². The van der Waals surface area contributed by atoms with E-state index in [-0.39, 0.29) is 0 Å². The third kappa shape index (κ3) is 10.9. The first-order valence-corrected chi connectivity index (χ1v) is 15.6. The van der Waals surface area contributed by atoms with E-state index in [1.54, 1.807) is 16.4 Å². The van der Waals surface area contributed by atoms with E-state index in [9.17, 15) is 8.42 Å². The lowest BCUT2D eigenvalue weighted by Gasteiger charge is -2.21. The van der Waals surface area contributed by atoms with Gasteiger partial charge in [0, 0.05) is 25.5 Å². The van der Waals surface area contributed by atoms with Crippen molar-refractivity contribution in [2.45, 2.75) is 89.0 Å². The molecular weight excluding hydrogens is 488 g/mol. The molecule has 2 aromatic carbocycles. The van der Waals surface area contributed by atoms with E-state index >= 15 is 0 Å². The van der Waals surface area contributed by atoms with Gasteiger partial charge in [-0.05, 0) is 61.9 Å². The Morgan fingerprint density at radius 2 is 1.34 bits per heavy atom. The van der Waals surface area contributed by atoms with E-state index in [0.29, 0.717) is 18.0 Å². The van der Waals surface area contributed by atoms with E-state index in [2.05, 4.69) is 17.1 Å². The Labute approximate surface area is 230 Å². The zero-order chi connectivity index (χ0) is 26.9. The molecule has 1 aromatic heterocycles. The second kappa shape index (κ2) is 17.0. The second-order valence-corrected chi connectivity index (χ2v) is 12.1. The van der Waals surface area contributed by atoms with Gasteiger partial charge in [0.25, 0.3) is 0 Å². The number of hydrogen-bond donors (Lipinski definition) is 0. The molecule has 0 saturated heterocycles. The predicted molar refractivity (Wildman–Crippen MR) is 158 cm³/mol. The van der Waals surface area contributed by atoms with Gasteiger partial charge in [-0.3, -0.25) is 4.98 Å². The zero-order valence-electron chi connectivity index (χ0n) is 23.0. The summed E-state index contributed by atoms with van der Waals surface area (Å²) in [4.78, 5) is 4.53. The van der Waals surface area contributed by atoms with Gasteiger partial charge in [0.2, 0.25) is 10.0 Å². The van der Waals surface area contributed by atoms with Crippen LogP contribution in [0.15, 0.2) is 96.2 Å². The molecule has 4 nitrogen and oxygen atoms in total. The quantitative estimate of drug-likeness (QED) is 0.122. The van der Waals surface area contributed by atoms with Gasteiger partial charge < -0.3 is 0 Å². The number of aryl methyl sites for hydroxylation is 2. The minimum absolute atomic E-state index is 0.348. The molecule has 5 heteroatoms. The van der Waals surface area contributed by atoms with Crippen molar-refractivity contribution >= 4 is 10.0 Å². The van der Waals surface area contributed by atoms with Crippen LogP contribution < -0.4 is 0 Å². The summed E-state index contributed by atoms with van der Waals surface area (Å²) in [6.07, 6.45) is 21.6. The third-order valence-electron chi connectivity index (χ3n) is 6.90. The van der Waals surface area contributed by atoms with E-state index in [1.807, 2.05) is 73.9 Å². The lowest BCUT2D eigenvalue weighted by molar-refractivity contribution is 0.438. The van der Waals surface area contributed by atoms with Crippen LogP contribution in [-0.2, 0) is 23.0 Å². The number of aromatic nitrogens is 1. The number of unbranched alkanes of at least 4 members (excludes halogenated alkanes) is 9. The summed E-state index contributed by atoms with van der Waals surface area (Å²) in [7, 11) is -3.57.